The van der Waals surface area contributed by atoms with Crippen LogP contribution >= 0.6 is 23.2 Å². The van der Waals surface area contributed by atoms with E-state index in [1.165, 1.54) is 0 Å². The Bertz CT molecular complexity index is 1270. The summed E-state index contributed by atoms with van der Waals surface area (Å²) < 4.78 is 6.05. The molecule has 3 aromatic rings. The molecule has 38 heavy (non-hydrogen) atoms. The maximum Gasteiger partial charge on any atom is 0.262 e. The van der Waals surface area contributed by atoms with Gasteiger partial charge in [0.05, 0.1) is 18.2 Å². The Morgan fingerprint density at radius 1 is 0.921 bits per heavy atom. The molecule has 8 heteroatoms. The minimum Gasteiger partial charge on any atom is -0.477 e. The molecule has 0 saturated carbocycles. The van der Waals surface area contributed by atoms with E-state index in [2.05, 4.69) is 10.2 Å². The Kier molecular flexibility index (Phi) is 8.52. The zero-order valence-corrected chi connectivity index (χ0v) is 22.6. The van der Waals surface area contributed by atoms with Crippen LogP contribution in [0.2, 0.25) is 10.0 Å². The number of hydrogen-bond acceptors (Lipinski definition) is 4. The number of carbonyl (C=O) groups is 2. The maximum atomic E-state index is 13.9. The van der Waals surface area contributed by atoms with Crippen LogP contribution in [0.4, 0.5) is 5.69 Å². The van der Waals surface area contributed by atoms with Crippen LogP contribution in [-0.2, 0) is 22.6 Å². The number of likely N-dealkylation sites (tertiary alicyclic amines) is 1. The fourth-order valence-corrected chi connectivity index (χ4v) is 5.71. The van der Waals surface area contributed by atoms with Crippen LogP contribution in [0.25, 0.3) is 0 Å². The molecule has 0 radical (unpaired) electrons. The molecule has 5 rings (SSSR count). The number of anilines is 1. The molecule has 0 aliphatic carbocycles. The Balaban J connectivity index is 1.26. The predicted molar refractivity (Wildman–Crippen MR) is 151 cm³/mol. The zero-order chi connectivity index (χ0) is 26.5. The van der Waals surface area contributed by atoms with Gasteiger partial charge in [0.1, 0.15) is 5.75 Å². The van der Waals surface area contributed by atoms with Crippen LogP contribution in [0.5, 0.6) is 5.75 Å². The number of amides is 2. The Morgan fingerprint density at radius 3 is 2.45 bits per heavy atom. The standard InChI is InChI=1S/C30H31Cl2N3O3/c31-24-11-6-12-25(32)23(24)19-34-17-7-10-22(18-34)30(37)35-20-28(38-27-14-5-4-13-26(27)35)29(36)33-16-15-21-8-2-1-3-9-21/h1-6,8-9,11-14,22,28H,7,10,15-20H2,(H,33,36). The van der Waals surface area contributed by atoms with Crippen molar-refractivity contribution in [3.8, 4) is 5.75 Å². The van der Waals surface area contributed by atoms with Gasteiger partial charge in [0.25, 0.3) is 5.91 Å². The molecule has 2 heterocycles. The molecule has 1 N–H and O–H groups in total. The molecule has 2 unspecified atom stereocenters. The van der Waals surface area contributed by atoms with Crippen molar-refractivity contribution in [3.63, 3.8) is 0 Å². The van der Waals surface area contributed by atoms with Crippen LogP contribution < -0.4 is 15.0 Å². The molecule has 2 atom stereocenters. The van der Waals surface area contributed by atoms with E-state index in [9.17, 15) is 9.59 Å². The number of halogens is 2. The van der Waals surface area contributed by atoms with Crippen LogP contribution in [0.15, 0.2) is 72.8 Å². The first-order chi connectivity index (χ1) is 18.5. The normalized spacial score (nSPS) is 19.4. The van der Waals surface area contributed by atoms with Crippen molar-refractivity contribution in [2.45, 2.75) is 31.9 Å². The van der Waals surface area contributed by atoms with Crippen LogP contribution in [0.1, 0.15) is 24.0 Å². The summed E-state index contributed by atoms with van der Waals surface area (Å²) in [5, 5.41) is 4.25. The van der Waals surface area contributed by atoms with Gasteiger partial charge >= 0.3 is 0 Å². The Labute approximate surface area is 233 Å². The van der Waals surface area contributed by atoms with Gasteiger partial charge in [-0.2, -0.15) is 0 Å². The van der Waals surface area contributed by atoms with E-state index < -0.39 is 6.10 Å². The highest BCUT2D eigenvalue weighted by atomic mass is 35.5. The fourth-order valence-electron chi connectivity index (χ4n) is 5.20. The summed E-state index contributed by atoms with van der Waals surface area (Å²) in [7, 11) is 0. The molecular weight excluding hydrogens is 521 g/mol. The van der Waals surface area contributed by atoms with E-state index in [0.29, 0.717) is 41.1 Å². The summed E-state index contributed by atoms with van der Waals surface area (Å²) in [5.41, 5.74) is 2.74. The van der Waals surface area contributed by atoms with Gasteiger partial charge in [-0.15, -0.1) is 0 Å². The van der Waals surface area contributed by atoms with Gasteiger partial charge in [0, 0.05) is 35.2 Å². The number of hydrogen-bond donors (Lipinski definition) is 1. The highest BCUT2D eigenvalue weighted by Gasteiger charge is 2.37. The highest BCUT2D eigenvalue weighted by Crippen LogP contribution is 2.35. The van der Waals surface area contributed by atoms with E-state index in [-0.39, 0.29) is 24.3 Å². The first kappa shape index (κ1) is 26.5. The number of para-hydroxylation sites is 2. The Morgan fingerprint density at radius 2 is 1.66 bits per heavy atom. The number of ether oxygens (including phenoxy) is 1. The van der Waals surface area contributed by atoms with Crippen molar-refractivity contribution < 1.29 is 14.3 Å². The number of piperidine rings is 1. The van der Waals surface area contributed by atoms with Gasteiger partial charge in [-0.25, -0.2) is 0 Å². The summed E-state index contributed by atoms with van der Waals surface area (Å²) in [5.74, 6) is 0.147. The van der Waals surface area contributed by atoms with E-state index in [4.69, 9.17) is 27.9 Å². The largest absolute Gasteiger partial charge is 0.477 e. The molecule has 0 spiro atoms. The second-order valence-electron chi connectivity index (χ2n) is 9.82. The minimum absolute atomic E-state index is 0.0118. The SMILES string of the molecule is O=C(NCCc1ccccc1)C1CN(C(=O)C2CCCN(Cc3c(Cl)cccc3Cl)C2)c2ccccc2O1. The number of benzene rings is 3. The third kappa shape index (κ3) is 6.15. The molecule has 2 amide bonds. The molecule has 1 saturated heterocycles. The van der Waals surface area contributed by atoms with Gasteiger partial charge in [-0.05, 0) is 55.6 Å². The molecule has 2 aliphatic heterocycles. The van der Waals surface area contributed by atoms with E-state index in [0.717, 1.165) is 36.9 Å². The number of carbonyl (C=O) groups excluding carboxylic acids is 2. The quantitative estimate of drug-likeness (QED) is 0.429. The van der Waals surface area contributed by atoms with E-state index in [1.807, 2.05) is 72.8 Å². The average Bonchev–Trinajstić information content (AvgIpc) is 2.95. The number of rotatable bonds is 7. The summed E-state index contributed by atoms with van der Waals surface area (Å²) >= 11 is 12.8. The molecule has 2 aliphatic rings. The van der Waals surface area contributed by atoms with Crippen LogP contribution in [0, 0.1) is 5.92 Å². The molecule has 0 bridgehead atoms. The number of nitrogens with one attached hydrogen (secondary N) is 1. The van der Waals surface area contributed by atoms with Crippen LogP contribution in [0.3, 0.4) is 0 Å². The summed E-state index contributed by atoms with van der Waals surface area (Å²) in [6, 6.07) is 22.9. The van der Waals surface area contributed by atoms with Crippen molar-refractivity contribution in [1.29, 1.82) is 0 Å². The molecule has 1 fully saturated rings. The third-order valence-electron chi connectivity index (χ3n) is 7.19. The fraction of sp³-hybridized carbons (Fsp3) is 0.333. The van der Waals surface area contributed by atoms with Crippen molar-refractivity contribution >= 4 is 40.7 Å². The first-order valence-corrected chi connectivity index (χ1v) is 13.8. The van der Waals surface area contributed by atoms with E-state index in [1.54, 1.807) is 4.90 Å². The number of fused-ring (bicyclic) bond motifs is 1. The van der Waals surface area contributed by atoms with Gasteiger partial charge in [-0.1, -0.05) is 71.7 Å². The lowest BCUT2D eigenvalue weighted by Gasteiger charge is -2.39. The lowest BCUT2D eigenvalue weighted by atomic mass is 9.95. The predicted octanol–water partition coefficient (Wildman–Crippen LogP) is 5.36. The molecular formula is C30H31Cl2N3O3. The van der Waals surface area contributed by atoms with Gasteiger partial charge < -0.3 is 15.0 Å². The van der Waals surface area contributed by atoms with Crippen molar-refractivity contribution in [3.05, 3.63) is 94.0 Å². The second kappa shape index (κ2) is 12.2. The van der Waals surface area contributed by atoms with Crippen molar-refractivity contribution in [2.24, 2.45) is 5.92 Å². The maximum absolute atomic E-state index is 13.9. The van der Waals surface area contributed by atoms with Gasteiger partial charge in [0.15, 0.2) is 6.10 Å². The number of nitrogens with zero attached hydrogens (tertiary/aromatic N) is 2. The highest BCUT2D eigenvalue weighted by molar-refractivity contribution is 6.35. The minimum atomic E-state index is -0.772. The summed E-state index contributed by atoms with van der Waals surface area (Å²) in [6.45, 7) is 2.75. The third-order valence-corrected chi connectivity index (χ3v) is 7.89. The zero-order valence-electron chi connectivity index (χ0n) is 21.1. The Hall–Kier alpha value is -3.06. The molecule has 198 valence electrons. The van der Waals surface area contributed by atoms with Crippen molar-refractivity contribution in [2.75, 3.05) is 31.1 Å². The van der Waals surface area contributed by atoms with E-state index >= 15 is 0 Å². The van der Waals surface area contributed by atoms with Gasteiger partial charge in [-0.3, -0.25) is 14.5 Å². The molecule has 3 aromatic carbocycles. The van der Waals surface area contributed by atoms with Crippen molar-refractivity contribution in [1.82, 2.24) is 10.2 Å². The lowest BCUT2D eigenvalue weighted by molar-refractivity contribution is -0.129. The van der Waals surface area contributed by atoms with Gasteiger partial charge in [0.2, 0.25) is 5.91 Å². The van der Waals surface area contributed by atoms with Crippen LogP contribution in [-0.4, -0.2) is 49.0 Å². The topological polar surface area (TPSA) is 61.9 Å². The summed E-state index contributed by atoms with van der Waals surface area (Å²) in [6.07, 6.45) is 1.64. The molecule has 6 nitrogen and oxygen atoms in total. The second-order valence-corrected chi connectivity index (χ2v) is 10.6. The first-order valence-electron chi connectivity index (χ1n) is 13.0. The average molecular weight is 553 g/mol. The monoisotopic (exact) mass is 551 g/mol. The lowest BCUT2D eigenvalue weighted by Crippen LogP contribution is -2.53. The smallest absolute Gasteiger partial charge is 0.262 e. The molecule has 0 aromatic heterocycles. The summed E-state index contributed by atoms with van der Waals surface area (Å²) in [4.78, 5) is 30.9.